The van der Waals surface area contributed by atoms with E-state index in [0.29, 0.717) is 12.2 Å². The molecule has 1 fully saturated rings. The van der Waals surface area contributed by atoms with Gasteiger partial charge >= 0.3 is 0 Å². The van der Waals surface area contributed by atoms with E-state index in [1.807, 2.05) is 0 Å². The van der Waals surface area contributed by atoms with Crippen LogP contribution in [0.4, 0.5) is 0 Å². The second-order valence-corrected chi connectivity index (χ2v) is 3.67. The van der Waals surface area contributed by atoms with E-state index in [1.165, 1.54) is 0 Å². The summed E-state index contributed by atoms with van der Waals surface area (Å²) in [5.41, 5.74) is 5.51. The molecule has 1 aromatic rings. The van der Waals surface area contributed by atoms with Crippen molar-refractivity contribution in [2.75, 3.05) is 13.2 Å². The summed E-state index contributed by atoms with van der Waals surface area (Å²) >= 11 is 0. The zero-order chi connectivity index (χ0) is 11.4. The van der Waals surface area contributed by atoms with E-state index in [0.717, 1.165) is 19.4 Å². The number of nitrogens with zero attached hydrogens (tertiary/aromatic N) is 1. The molecule has 1 aliphatic heterocycles. The first-order valence-corrected chi connectivity index (χ1v) is 5.26. The molecule has 1 saturated heterocycles. The van der Waals surface area contributed by atoms with Crippen molar-refractivity contribution in [2.24, 2.45) is 5.73 Å². The van der Waals surface area contributed by atoms with Gasteiger partial charge in [0.1, 0.15) is 12.2 Å². The molecule has 1 unspecified atom stereocenters. The minimum Gasteiger partial charge on any atom is -0.474 e. The lowest BCUT2D eigenvalue weighted by Gasteiger charge is -2.12. The summed E-state index contributed by atoms with van der Waals surface area (Å²) in [5.74, 6) is -0.249. The third-order valence-corrected chi connectivity index (χ3v) is 2.47. The number of ether oxygens (including phenoxy) is 2. The Labute approximate surface area is 93.6 Å². The maximum absolute atomic E-state index is 11.1. The van der Waals surface area contributed by atoms with Crippen molar-refractivity contribution >= 4 is 5.91 Å². The van der Waals surface area contributed by atoms with E-state index in [2.05, 4.69) is 4.98 Å². The minimum atomic E-state index is -0.532. The molecule has 0 bridgehead atoms. The molecule has 5 nitrogen and oxygen atoms in total. The van der Waals surface area contributed by atoms with Gasteiger partial charge in [-0.25, -0.2) is 4.98 Å². The molecule has 86 valence electrons. The average molecular weight is 222 g/mol. The summed E-state index contributed by atoms with van der Waals surface area (Å²) in [6.45, 7) is 1.19. The van der Waals surface area contributed by atoms with Crippen molar-refractivity contribution in [3.05, 3.63) is 23.9 Å². The van der Waals surface area contributed by atoms with E-state index in [-0.39, 0.29) is 12.0 Å². The topological polar surface area (TPSA) is 74.4 Å². The molecule has 1 amide bonds. The van der Waals surface area contributed by atoms with Crippen molar-refractivity contribution in [1.82, 2.24) is 4.98 Å². The first kappa shape index (κ1) is 10.9. The van der Waals surface area contributed by atoms with Crippen LogP contribution in [-0.4, -0.2) is 30.2 Å². The first-order chi connectivity index (χ1) is 7.77. The number of primary amides is 1. The maximum atomic E-state index is 11.1. The highest BCUT2D eigenvalue weighted by atomic mass is 16.5. The molecule has 0 spiro atoms. The average Bonchev–Trinajstić information content (AvgIpc) is 2.79. The highest BCUT2D eigenvalue weighted by molar-refractivity contribution is 5.94. The number of hydrogen-bond acceptors (Lipinski definition) is 4. The van der Waals surface area contributed by atoms with E-state index in [1.54, 1.807) is 18.3 Å². The summed E-state index contributed by atoms with van der Waals surface area (Å²) in [6.07, 6.45) is 3.71. The van der Waals surface area contributed by atoms with Crippen LogP contribution < -0.4 is 10.5 Å². The lowest BCUT2D eigenvalue weighted by Crippen LogP contribution is -2.19. The number of carbonyl (C=O) groups is 1. The summed E-state index contributed by atoms with van der Waals surface area (Å²) in [5, 5.41) is 0. The third-order valence-electron chi connectivity index (χ3n) is 2.47. The number of pyridine rings is 1. The van der Waals surface area contributed by atoms with Crippen LogP contribution in [0.15, 0.2) is 18.3 Å². The van der Waals surface area contributed by atoms with E-state index >= 15 is 0 Å². The standard InChI is InChI=1S/C11H14N2O3/c12-10(14)9-4-1-5-13-11(9)16-7-8-3-2-6-15-8/h1,4-5,8H,2-3,6-7H2,(H2,12,14). The zero-order valence-electron chi connectivity index (χ0n) is 8.89. The minimum absolute atomic E-state index is 0.0998. The van der Waals surface area contributed by atoms with Gasteiger partial charge in [0, 0.05) is 12.8 Å². The van der Waals surface area contributed by atoms with Crippen LogP contribution in [0, 0.1) is 0 Å². The Balaban J connectivity index is 2.00. The summed E-state index contributed by atoms with van der Waals surface area (Å²) in [4.78, 5) is 15.1. The summed E-state index contributed by atoms with van der Waals surface area (Å²) in [6, 6.07) is 3.25. The Bertz CT molecular complexity index is 375. The molecule has 16 heavy (non-hydrogen) atoms. The molecule has 0 saturated carbocycles. The van der Waals surface area contributed by atoms with Crippen LogP contribution in [0.2, 0.25) is 0 Å². The van der Waals surface area contributed by atoms with Crippen LogP contribution >= 0.6 is 0 Å². The Hall–Kier alpha value is -1.62. The lowest BCUT2D eigenvalue weighted by atomic mass is 10.2. The van der Waals surface area contributed by atoms with Gasteiger partial charge in [-0.3, -0.25) is 4.79 Å². The van der Waals surface area contributed by atoms with Crippen LogP contribution in [0.25, 0.3) is 0 Å². The van der Waals surface area contributed by atoms with E-state index < -0.39 is 5.91 Å². The molecular formula is C11H14N2O3. The van der Waals surface area contributed by atoms with Gasteiger partial charge in [0.15, 0.2) is 0 Å². The van der Waals surface area contributed by atoms with Gasteiger partial charge in [0.25, 0.3) is 5.91 Å². The summed E-state index contributed by atoms with van der Waals surface area (Å²) < 4.78 is 10.9. The normalized spacial score (nSPS) is 19.6. The number of carbonyl (C=O) groups excluding carboxylic acids is 1. The summed E-state index contributed by atoms with van der Waals surface area (Å²) in [7, 11) is 0. The SMILES string of the molecule is NC(=O)c1cccnc1OCC1CCCO1. The predicted octanol–water partition coefficient (Wildman–Crippen LogP) is 0.738. The number of hydrogen-bond donors (Lipinski definition) is 1. The molecule has 2 heterocycles. The monoisotopic (exact) mass is 222 g/mol. The van der Waals surface area contributed by atoms with Gasteiger partial charge in [-0.05, 0) is 25.0 Å². The van der Waals surface area contributed by atoms with Crippen molar-refractivity contribution in [2.45, 2.75) is 18.9 Å². The number of rotatable bonds is 4. The van der Waals surface area contributed by atoms with Gasteiger partial charge in [-0.2, -0.15) is 0 Å². The number of nitrogens with two attached hydrogens (primary N) is 1. The van der Waals surface area contributed by atoms with Crippen LogP contribution in [-0.2, 0) is 4.74 Å². The fraction of sp³-hybridized carbons (Fsp3) is 0.455. The Kier molecular flexibility index (Phi) is 3.36. The van der Waals surface area contributed by atoms with Crippen molar-refractivity contribution in [1.29, 1.82) is 0 Å². The molecule has 0 aliphatic carbocycles. The highest BCUT2D eigenvalue weighted by Crippen LogP contribution is 2.17. The second-order valence-electron chi connectivity index (χ2n) is 3.67. The molecule has 2 rings (SSSR count). The Morgan fingerprint density at radius 1 is 1.69 bits per heavy atom. The van der Waals surface area contributed by atoms with Crippen LogP contribution in [0.1, 0.15) is 23.2 Å². The third kappa shape index (κ3) is 2.49. The van der Waals surface area contributed by atoms with E-state index in [4.69, 9.17) is 15.2 Å². The molecular weight excluding hydrogens is 208 g/mol. The molecule has 0 aromatic carbocycles. The van der Waals surface area contributed by atoms with E-state index in [9.17, 15) is 4.79 Å². The van der Waals surface area contributed by atoms with Gasteiger partial charge in [-0.15, -0.1) is 0 Å². The van der Waals surface area contributed by atoms with Gasteiger partial charge in [0.2, 0.25) is 5.88 Å². The molecule has 2 N–H and O–H groups in total. The van der Waals surface area contributed by atoms with Gasteiger partial charge in [-0.1, -0.05) is 0 Å². The van der Waals surface area contributed by atoms with Crippen LogP contribution in [0.3, 0.4) is 0 Å². The highest BCUT2D eigenvalue weighted by Gasteiger charge is 2.18. The second kappa shape index (κ2) is 4.94. The van der Waals surface area contributed by atoms with Crippen LogP contribution in [0.5, 0.6) is 5.88 Å². The Morgan fingerprint density at radius 3 is 3.25 bits per heavy atom. The maximum Gasteiger partial charge on any atom is 0.254 e. The molecule has 5 heteroatoms. The Morgan fingerprint density at radius 2 is 2.56 bits per heavy atom. The van der Waals surface area contributed by atoms with Gasteiger partial charge < -0.3 is 15.2 Å². The molecule has 1 aliphatic rings. The smallest absolute Gasteiger partial charge is 0.254 e. The fourth-order valence-electron chi connectivity index (χ4n) is 1.64. The molecule has 0 radical (unpaired) electrons. The molecule has 1 atom stereocenters. The first-order valence-electron chi connectivity index (χ1n) is 5.26. The van der Waals surface area contributed by atoms with Crippen molar-refractivity contribution in [3.63, 3.8) is 0 Å². The van der Waals surface area contributed by atoms with Crippen molar-refractivity contribution in [3.8, 4) is 5.88 Å². The lowest BCUT2D eigenvalue weighted by molar-refractivity contribution is 0.0655. The largest absolute Gasteiger partial charge is 0.474 e. The van der Waals surface area contributed by atoms with Gasteiger partial charge in [0.05, 0.1) is 6.10 Å². The number of aromatic nitrogens is 1. The fourth-order valence-corrected chi connectivity index (χ4v) is 1.64. The predicted molar refractivity (Wildman–Crippen MR) is 57.2 cm³/mol. The zero-order valence-corrected chi connectivity index (χ0v) is 8.89. The molecule has 1 aromatic heterocycles. The number of amides is 1. The quantitative estimate of drug-likeness (QED) is 0.815. The van der Waals surface area contributed by atoms with Crippen molar-refractivity contribution < 1.29 is 14.3 Å².